The van der Waals surface area contributed by atoms with Crippen molar-refractivity contribution >= 4 is 23.1 Å². The summed E-state index contributed by atoms with van der Waals surface area (Å²) >= 11 is 0. The number of rotatable bonds is 6. The number of esters is 1. The van der Waals surface area contributed by atoms with Crippen molar-refractivity contribution in [3.63, 3.8) is 0 Å². The van der Waals surface area contributed by atoms with E-state index >= 15 is 0 Å². The van der Waals surface area contributed by atoms with Crippen molar-refractivity contribution in [2.75, 3.05) is 6.61 Å². The van der Waals surface area contributed by atoms with Crippen LogP contribution in [-0.4, -0.2) is 17.6 Å². The van der Waals surface area contributed by atoms with Crippen LogP contribution in [0.15, 0.2) is 59.0 Å². The van der Waals surface area contributed by atoms with Gasteiger partial charge in [-0.25, -0.2) is 9.78 Å². The summed E-state index contributed by atoms with van der Waals surface area (Å²) in [6.07, 6.45) is 3.03. The van der Waals surface area contributed by atoms with Crippen LogP contribution in [-0.2, 0) is 16.1 Å². The van der Waals surface area contributed by atoms with Crippen LogP contribution in [0.3, 0.4) is 0 Å². The van der Waals surface area contributed by atoms with E-state index in [9.17, 15) is 4.79 Å². The zero-order chi connectivity index (χ0) is 16.8. The van der Waals surface area contributed by atoms with Crippen LogP contribution < -0.4 is 4.74 Å². The van der Waals surface area contributed by atoms with Crippen LogP contribution >= 0.6 is 0 Å². The summed E-state index contributed by atoms with van der Waals surface area (Å²) in [6.45, 7) is 2.47. The van der Waals surface area contributed by atoms with Gasteiger partial charge < -0.3 is 13.9 Å². The van der Waals surface area contributed by atoms with E-state index in [1.807, 2.05) is 55.5 Å². The summed E-state index contributed by atoms with van der Waals surface area (Å²) in [6, 6.07) is 14.9. The zero-order valence-electron chi connectivity index (χ0n) is 13.3. The third-order valence-electron chi connectivity index (χ3n) is 3.29. The number of hydrogen-bond donors (Lipinski definition) is 0. The quantitative estimate of drug-likeness (QED) is 0.507. The molecule has 122 valence electrons. The highest BCUT2D eigenvalue weighted by atomic mass is 16.5. The van der Waals surface area contributed by atoms with Gasteiger partial charge in [-0.2, -0.15) is 0 Å². The lowest BCUT2D eigenvalue weighted by Gasteiger charge is -2.06. The van der Waals surface area contributed by atoms with Crippen molar-refractivity contribution in [3.8, 4) is 5.75 Å². The molecule has 3 aromatic rings. The minimum Gasteiger partial charge on any atom is -0.493 e. The highest BCUT2D eigenvalue weighted by Crippen LogP contribution is 2.19. The van der Waals surface area contributed by atoms with E-state index < -0.39 is 5.97 Å². The first kappa shape index (κ1) is 15.8. The fraction of sp³-hybridized carbons (Fsp3) is 0.158. The zero-order valence-corrected chi connectivity index (χ0v) is 13.3. The Balaban J connectivity index is 1.61. The second kappa shape index (κ2) is 7.46. The molecule has 2 aromatic carbocycles. The molecule has 0 atom stereocenters. The molecule has 1 aromatic heterocycles. The van der Waals surface area contributed by atoms with Gasteiger partial charge in [-0.3, -0.25) is 0 Å². The lowest BCUT2D eigenvalue weighted by atomic mass is 10.2. The van der Waals surface area contributed by atoms with E-state index in [4.69, 9.17) is 13.9 Å². The van der Waals surface area contributed by atoms with E-state index in [1.165, 1.54) is 6.08 Å². The van der Waals surface area contributed by atoms with Crippen LogP contribution in [0.4, 0.5) is 0 Å². The van der Waals surface area contributed by atoms with E-state index in [-0.39, 0.29) is 6.61 Å². The second-order valence-corrected chi connectivity index (χ2v) is 4.99. The van der Waals surface area contributed by atoms with Gasteiger partial charge in [0.15, 0.2) is 12.2 Å². The molecule has 0 saturated carbocycles. The van der Waals surface area contributed by atoms with Gasteiger partial charge in [0.1, 0.15) is 11.3 Å². The summed E-state index contributed by atoms with van der Waals surface area (Å²) in [5.41, 5.74) is 2.23. The Bertz CT molecular complexity index is 833. The largest absolute Gasteiger partial charge is 0.493 e. The Kier molecular flexibility index (Phi) is 4.91. The predicted molar refractivity (Wildman–Crippen MR) is 90.5 cm³/mol. The van der Waals surface area contributed by atoms with E-state index in [1.54, 1.807) is 6.08 Å². The molecule has 5 heteroatoms. The number of oxazole rings is 1. The van der Waals surface area contributed by atoms with Gasteiger partial charge in [0.25, 0.3) is 0 Å². The fourth-order valence-corrected chi connectivity index (χ4v) is 2.23. The van der Waals surface area contributed by atoms with Gasteiger partial charge in [0.2, 0.25) is 5.89 Å². The van der Waals surface area contributed by atoms with Gasteiger partial charge in [0, 0.05) is 11.6 Å². The van der Waals surface area contributed by atoms with Crippen molar-refractivity contribution in [1.29, 1.82) is 0 Å². The number of ether oxygens (including phenoxy) is 2. The Morgan fingerprint density at radius 3 is 2.79 bits per heavy atom. The Morgan fingerprint density at radius 2 is 1.96 bits per heavy atom. The van der Waals surface area contributed by atoms with E-state index in [0.29, 0.717) is 18.1 Å². The number of carbonyl (C=O) groups is 1. The molecule has 0 N–H and O–H groups in total. The standard InChI is InChI=1S/C19H17NO4/c1-2-22-16-9-5-3-7-14(16)11-12-19(21)23-13-18-20-15-8-4-6-10-17(15)24-18/h3-12H,2,13H2,1H3/b12-11+. The van der Waals surface area contributed by atoms with Crippen molar-refractivity contribution < 1.29 is 18.7 Å². The minimum absolute atomic E-state index is 0.00897. The molecule has 24 heavy (non-hydrogen) atoms. The van der Waals surface area contributed by atoms with Crippen molar-refractivity contribution in [2.24, 2.45) is 0 Å². The summed E-state index contributed by atoms with van der Waals surface area (Å²) in [7, 11) is 0. The van der Waals surface area contributed by atoms with Crippen molar-refractivity contribution in [3.05, 3.63) is 66.1 Å². The number of para-hydroxylation sites is 3. The van der Waals surface area contributed by atoms with Crippen molar-refractivity contribution in [2.45, 2.75) is 13.5 Å². The van der Waals surface area contributed by atoms with Gasteiger partial charge in [-0.1, -0.05) is 30.3 Å². The predicted octanol–water partition coefficient (Wildman–Crippen LogP) is 3.98. The molecular weight excluding hydrogens is 306 g/mol. The van der Waals surface area contributed by atoms with Gasteiger partial charge >= 0.3 is 5.97 Å². The van der Waals surface area contributed by atoms with Crippen molar-refractivity contribution in [1.82, 2.24) is 4.98 Å². The first-order chi connectivity index (χ1) is 11.8. The third kappa shape index (κ3) is 3.81. The summed E-state index contributed by atoms with van der Waals surface area (Å²) in [4.78, 5) is 16.1. The Hall–Kier alpha value is -3.08. The molecule has 0 radical (unpaired) electrons. The third-order valence-corrected chi connectivity index (χ3v) is 3.29. The maximum Gasteiger partial charge on any atom is 0.331 e. The Labute approximate surface area is 139 Å². The van der Waals surface area contributed by atoms with Gasteiger partial charge in [-0.05, 0) is 31.2 Å². The lowest BCUT2D eigenvalue weighted by molar-refractivity contribution is -0.139. The molecule has 0 aliphatic heterocycles. The topological polar surface area (TPSA) is 61.6 Å². The fourth-order valence-electron chi connectivity index (χ4n) is 2.23. The van der Waals surface area contributed by atoms with Crippen LogP contribution in [0, 0.1) is 0 Å². The average molecular weight is 323 g/mol. The number of hydrogen-bond acceptors (Lipinski definition) is 5. The van der Waals surface area contributed by atoms with E-state index in [0.717, 1.165) is 16.8 Å². The molecule has 0 aliphatic rings. The summed E-state index contributed by atoms with van der Waals surface area (Å²) in [5.74, 6) is 0.624. The summed E-state index contributed by atoms with van der Waals surface area (Å²) in [5, 5.41) is 0. The first-order valence-electron chi connectivity index (χ1n) is 7.67. The number of benzene rings is 2. The molecular formula is C19H17NO4. The van der Waals surface area contributed by atoms with Crippen LogP contribution in [0.25, 0.3) is 17.2 Å². The number of aromatic nitrogens is 1. The number of carbonyl (C=O) groups excluding carboxylic acids is 1. The number of fused-ring (bicyclic) bond motifs is 1. The highest BCUT2D eigenvalue weighted by Gasteiger charge is 2.07. The van der Waals surface area contributed by atoms with E-state index in [2.05, 4.69) is 4.98 Å². The average Bonchev–Trinajstić information content (AvgIpc) is 3.02. The molecule has 0 amide bonds. The Morgan fingerprint density at radius 1 is 1.17 bits per heavy atom. The smallest absolute Gasteiger partial charge is 0.331 e. The number of nitrogens with zero attached hydrogens (tertiary/aromatic N) is 1. The van der Waals surface area contributed by atoms with Gasteiger partial charge in [-0.15, -0.1) is 0 Å². The minimum atomic E-state index is -0.469. The van der Waals surface area contributed by atoms with Crippen LogP contribution in [0.5, 0.6) is 5.75 Å². The molecule has 0 spiro atoms. The SMILES string of the molecule is CCOc1ccccc1/C=C/C(=O)OCc1nc2ccccc2o1. The maximum absolute atomic E-state index is 11.9. The van der Waals surface area contributed by atoms with Crippen LogP contribution in [0.1, 0.15) is 18.4 Å². The molecule has 1 heterocycles. The summed E-state index contributed by atoms with van der Waals surface area (Å²) < 4.78 is 16.2. The maximum atomic E-state index is 11.9. The molecule has 0 unspecified atom stereocenters. The molecule has 5 nitrogen and oxygen atoms in total. The monoisotopic (exact) mass is 323 g/mol. The van der Waals surface area contributed by atoms with Gasteiger partial charge in [0.05, 0.1) is 6.61 Å². The molecule has 0 fully saturated rings. The highest BCUT2D eigenvalue weighted by molar-refractivity contribution is 5.87. The normalized spacial score (nSPS) is 11.0. The molecule has 0 bridgehead atoms. The molecule has 0 saturated heterocycles. The molecule has 3 rings (SSSR count). The van der Waals surface area contributed by atoms with Crippen LogP contribution in [0.2, 0.25) is 0 Å². The first-order valence-corrected chi connectivity index (χ1v) is 7.67. The second-order valence-electron chi connectivity index (χ2n) is 4.99. The lowest BCUT2D eigenvalue weighted by Crippen LogP contribution is -2.01. The molecule has 0 aliphatic carbocycles.